The van der Waals surface area contributed by atoms with Crippen LogP contribution >= 0.6 is 0 Å². The highest BCUT2D eigenvalue weighted by molar-refractivity contribution is 5.96. The third kappa shape index (κ3) is 4.37. The summed E-state index contributed by atoms with van der Waals surface area (Å²) in [5, 5.41) is 12.4. The van der Waals surface area contributed by atoms with E-state index in [0.29, 0.717) is 35.7 Å². The molecule has 2 N–H and O–H groups in total. The van der Waals surface area contributed by atoms with Gasteiger partial charge in [0.2, 0.25) is 5.91 Å². The predicted molar refractivity (Wildman–Crippen MR) is 112 cm³/mol. The van der Waals surface area contributed by atoms with Gasteiger partial charge in [-0.2, -0.15) is 0 Å². The zero-order valence-electron chi connectivity index (χ0n) is 17.6. The first kappa shape index (κ1) is 21.6. The summed E-state index contributed by atoms with van der Waals surface area (Å²) in [5.41, 5.74) is 0.760. The lowest BCUT2D eigenvalue weighted by atomic mass is 9.89. The molecule has 2 atom stereocenters. The number of carbonyl (C=O) groups excluding carboxylic acids is 1. The van der Waals surface area contributed by atoms with Crippen molar-refractivity contribution in [2.75, 3.05) is 11.9 Å². The highest BCUT2D eigenvalue weighted by atomic mass is 19.1. The second-order valence-electron chi connectivity index (χ2n) is 7.90. The molecule has 166 valence electrons. The number of pyridine rings is 1. The van der Waals surface area contributed by atoms with E-state index in [9.17, 15) is 18.7 Å². The van der Waals surface area contributed by atoms with Crippen LogP contribution in [0.25, 0.3) is 0 Å². The molecule has 1 amide bonds. The van der Waals surface area contributed by atoms with E-state index in [-0.39, 0.29) is 12.4 Å². The number of amides is 1. The van der Waals surface area contributed by atoms with Crippen LogP contribution in [-0.4, -0.2) is 32.6 Å². The van der Waals surface area contributed by atoms with Crippen molar-refractivity contribution >= 4 is 11.7 Å². The van der Waals surface area contributed by atoms with E-state index in [2.05, 4.69) is 20.3 Å². The van der Waals surface area contributed by atoms with Gasteiger partial charge in [-0.1, -0.05) is 12.1 Å². The van der Waals surface area contributed by atoms with Crippen molar-refractivity contribution in [1.29, 1.82) is 0 Å². The van der Waals surface area contributed by atoms with Gasteiger partial charge in [0, 0.05) is 17.4 Å². The molecular formula is C23H22F2N4O3. The molecule has 0 saturated heterocycles. The third-order valence-corrected chi connectivity index (χ3v) is 5.73. The van der Waals surface area contributed by atoms with E-state index in [4.69, 9.17) is 4.74 Å². The number of benzene rings is 1. The topological polar surface area (TPSA) is 97.2 Å². The predicted octanol–water partition coefficient (Wildman–Crippen LogP) is 3.84. The highest BCUT2D eigenvalue weighted by Crippen LogP contribution is 2.57. The third-order valence-electron chi connectivity index (χ3n) is 5.73. The maximum atomic E-state index is 13.9. The van der Waals surface area contributed by atoms with Crippen molar-refractivity contribution in [2.24, 2.45) is 5.92 Å². The van der Waals surface area contributed by atoms with E-state index in [1.165, 1.54) is 12.1 Å². The minimum Gasteiger partial charge on any atom is -0.504 e. The van der Waals surface area contributed by atoms with Crippen LogP contribution in [0.2, 0.25) is 0 Å². The second-order valence-corrected chi connectivity index (χ2v) is 7.90. The molecule has 4 rings (SSSR count). The Kier molecular flexibility index (Phi) is 5.73. The lowest BCUT2D eigenvalue weighted by Gasteiger charge is -2.19. The zero-order valence-corrected chi connectivity index (χ0v) is 17.6. The van der Waals surface area contributed by atoms with Gasteiger partial charge in [0.1, 0.15) is 17.5 Å². The molecule has 0 radical (unpaired) electrons. The van der Waals surface area contributed by atoms with Crippen LogP contribution in [-0.2, 0) is 10.2 Å². The van der Waals surface area contributed by atoms with Crippen LogP contribution in [0.4, 0.5) is 14.6 Å². The Morgan fingerprint density at radius 3 is 2.75 bits per heavy atom. The Balaban J connectivity index is 1.51. The molecule has 0 unspecified atom stereocenters. The standard InChI is InChI=1S/C23H22F2N4O3/c1-13-20(12-26-14(2)28-13)32-7-6-23(15-4-3-5-16(24)8-15)10-18(23)22(31)29-21-19(30)9-17(25)11-27-21/h3-5,8-9,11-12,18,30H,6-7,10H2,1-2H3,(H,27,29,31)/t18-,23-/m0/s1. The Bertz CT molecular complexity index is 1170. The number of rotatable bonds is 7. The normalized spacial score (nSPS) is 19.4. The molecule has 32 heavy (non-hydrogen) atoms. The Morgan fingerprint density at radius 1 is 1.22 bits per heavy atom. The summed E-state index contributed by atoms with van der Waals surface area (Å²) in [6.45, 7) is 3.88. The number of ether oxygens (including phenoxy) is 1. The average molecular weight is 440 g/mol. The quantitative estimate of drug-likeness (QED) is 0.580. The van der Waals surface area contributed by atoms with Gasteiger partial charge < -0.3 is 15.2 Å². The van der Waals surface area contributed by atoms with E-state index in [0.717, 1.165) is 12.3 Å². The van der Waals surface area contributed by atoms with Crippen LogP contribution in [0.3, 0.4) is 0 Å². The molecule has 0 bridgehead atoms. The number of halogens is 2. The van der Waals surface area contributed by atoms with E-state index in [1.807, 2.05) is 6.92 Å². The average Bonchev–Trinajstić information content (AvgIpc) is 3.48. The van der Waals surface area contributed by atoms with Gasteiger partial charge >= 0.3 is 0 Å². The van der Waals surface area contributed by atoms with E-state index < -0.39 is 34.6 Å². The lowest BCUT2D eigenvalue weighted by molar-refractivity contribution is -0.117. The number of hydrogen-bond donors (Lipinski definition) is 2. The van der Waals surface area contributed by atoms with Crippen molar-refractivity contribution in [3.05, 3.63) is 71.4 Å². The van der Waals surface area contributed by atoms with E-state index >= 15 is 0 Å². The summed E-state index contributed by atoms with van der Waals surface area (Å²) in [4.78, 5) is 25.0. The van der Waals surface area contributed by atoms with Crippen LogP contribution in [0.5, 0.6) is 11.5 Å². The summed E-state index contributed by atoms with van der Waals surface area (Å²) in [7, 11) is 0. The van der Waals surface area contributed by atoms with Gasteiger partial charge in [0.05, 0.1) is 24.7 Å². The zero-order chi connectivity index (χ0) is 22.9. The van der Waals surface area contributed by atoms with Crippen LogP contribution < -0.4 is 10.1 Å². The van der Waals surface area contributed by atoms with Gasteiger partial charge in [0.15, 0.2) is 17.3 Å². The molecule has 9 heteroatoms. The monoisotopic (exact) mass is 440 g/mol. The van der Waals surface area contributed by atoms with Crippen LogP contribution in [0, 0.1) is 31.4 Å². The summed E-state index contributed by atoms with van der Waals surface area (Å²) in [5.74, 6) is -1.39. The van der Waals surface area contributed by atoms with Crippen molar-refractivity contribution in [2.45, 2.75) is 32.1 Å². The lowest BCUT2D eigenvalue weighted by Crippen LogP contribution is -2.23. The van der Waals surface area contributed by atoms with Gasteiger partial charge in [0.25, 0.3) is 0 Å². The first-order valence-corrected chi connectivity index (χ1v) is 10.1. The van der Waals surface area contributed by atoms with Crippen molar-refractivity contribution in [3.63, 3.8) is 0 Å². The molecule has 0 spiro atoms. The minimum atomic E-state index is -0.714. The fraction of sp³-hybridized carbons (Fsp3) is 0.304. The minimum absolute atomic E-state index is 0.125. The molecule has 1 aliphatic rings. The van der Waals surface area contributed by atoms with E-state index in [1.54, 1.807) is 25.3 Å². The van der Waals surface area contributed by atoms with Crippen molar-refractivity contribution in [1.82, 2.24) is 15.0 Å². The summed E-state index contributed by atoms with van der Waals surface area (Å²) < 4.78 is 33.0. The molecule has 2 heterocycles. The number of carbonyl (C=O) groups is 1. The number of nitrogens with one attached hydrogen (secondary N) is 1. The molecular weight excluding hydrogens is 418 g/mol. The Hall–Kier alpha value is -3.62. The van der Waals surface area contributed by atoms with Crippen LogP contribution in [0.1, 0.15) is 29.9 Å². The fourth-order valence-corrected chi connectivity index (χ4v) is 3.97. The first-order chi connectivity index (χ1) is 15.3. The number of nitrogens with zero attached hydrogens (tertiary/aromatic N) is 3. The maximum absolute atomic E-state index is 13.9. The molecule has 1 aliphatic carbocycles. The highest BCUT2D eigenvalue weighted by Gasteiger charge is 2.59. The van der Waals surface area contributed by atoms with Crippen molar-refractivity contribution < 1.29 is 23.4 Å². The molecule has 7 nitrogen and oxygen atoms in total. The molecule has 1 saturated carbocycles. The fourth-order valence-electron chi connectivity index (χ4n) is 3.97. The maximum Gasteiger partial charge on any atom is 0.229 e. The van der Waals surface area contributed by atoms with Gasteiger partial charge in [-0.3, -0.25) is 4.79 Å². The van der Waals surface area contributed by atoms with Gasteiger partial charge in [-0.15, -0.1) is 0 Å². The molecule has 3 aromatic rings. The molecule has 1 fully saturated rings. The van der Waals surface area contributed by atoms with Crippen molar-refractivity contribution in [3.8, 4) is 11.5 Å². The largest absolute Gasteiger partial charge is 0.504 e. The first-order valence-electron chi connectivity index (χ1n) is 10.1. The summed E-state index contributed by atoms with van der Waals surface area (Å²) in [6, 6.07) is 7.02. The smallest absolute Gasteiger partial charge is 0.229 e. The number of anilines is 1. The summed E-state index contributed by atoms with van der Waals surface area (Å²) in [6.07, 6.45) is 3.43. The second kappa shape index (κ2) is 8.49. The van der Waals surface area contributed by atoms with Gasteiger partial charge in [-0.25, -0.2) is 23.7 Å². The SMILES string of the molecule is Cc1ncc(OCC[C@@]2(c3cccc(F)c3)C[C@H]2C(=O)Nc2ncc(F)cc2O)c(C)n1. The molecule has 0 aliphatic heterocycles. The van der Waals surface area contributed by atoms with Gasteiger partial charge in [-0.05, 0) is 44.4 Å². The van der Waals surface area contributed by atoms with Crippen LogP contribution in [0.15, 0.2) is 42.7 Å². The Labute approximate surface area is 183 Å². The molecule has 1 aromatic carbocycles. The summed E-state index contributed by atoms with van der Waals surface area (Å²) >= 11 is 0. The molecule has 2 aromatic heterocycles. The number of aromatic hydroxyl groups is 1. The number of aryl methyl sites for hydroxylation is 2. The number of aromatic nitrogens is 3. The Morgan fingerprint density at radius 2 is 2.03 bits per heavy atom. The number of hydrogen-bond acceptors (Lipinski definition) is 6.